The van der Waals surface area contributed by atoms with E-state index in [9.17, 15) is 13.9 Å². The van der Waals surface area contributed by atoms with Crippen LogP contribution >= 0.6 is 22.9 Å². The molecule has 1 aliphatic rings. The third-order valence-electron chi connectivity index (χ3n) is 5.23. The Kier molecular flexibility index (Phi) is 6.54. The number of nitrogens with zero attached hydrogens (tertiary/aromatic N) is 3. The van der Waals surface area contributed by atoms with E-state index in [1.165, 1.54) is 17.4 Å². The number of benzene rings is 1. The molecule has 0 radical (unpaired) electrons. The maximum atomic E-state index is 14.2. The van der Waals surface area contributed by atoms with Gasteiger partial charge in [-0.1, -0.05) is 11.6 Å². The van der Waals surface area contributed by atoms with Gasteiger partial charge >= 0.3 is 0 Å². The molecule has 166 valence electrons. The Morgan fingerprint density at radius 1 is 1.42 bits per heavy atom. The van der Waals surface area contributed by atoms with Gasteiger partial charge in [0.15, 0.2) is 6.23 Å². The fraction of sp³-hybridized carbons (Fsp3) is 0.400. The van der Waals surface area contributed by atoms with E-state index in [0.717, 1.165) is 0 Å². The number of nitrogens with one attached hydrogen (secondary N) is 1. The molecule has 2 aromatic heterocycles. The number of anilines is 1. The van der Waals surface area contributed by atoms with E-state index < -0.39 is 30.4 Å². The van der Waals surface area contributed by atoms with Crippen LogP contribution in [0.2, 0.25) is 5.02 Å². The Bertz CT molecular complexity index is 1050. The van der Waals surface area contributed by atoms with Crippen LogP contribution in [0.4, 0.5) is 14.5 Å². The monoisotopic (exact) mass is 469 g/mol. The number of rotatable bonds is 5. The van der Waals surface area contributed by atoms with E-state index in [-0.39, 0.29) is 6.61 Å². The van der Waals surface area contributed by atoms with Gasteiger partial charge in [-0.2, -0.15) is 5.10 Å². The number of ether oxygens (including phenoxy) is 1. The number of aliphatic hydroxyl groups is 1. The highest BCUT2D eigenvalue weighted by atomic mass is 35.5. The second-order valence-corrected chi connectivity index (χ2v) is 8.69. The number of hydrogen-bond acceptors (Lipinski definition) is 7. The number of aromatic nitrogens is 3. The average molecular weight is 470 g/mol. The highest BCUT2D eigenvalue weighted by molar-refractivity contribution is 7.13. The van der Waals surface area contributed by atoms with Crippen LogP contribution in [0.5, 0.6) is 0 Å². The fourth-order valence-corrected chi connectivity index (χ4v) is 4.54. The number of aliphatic hydroxyl groups excluding tert-OH is 1. The van der Waals surface area contributed by atoms with Crippen molar-refractivity contribution in [3.8, 4) is 10.6 Å². The minimum atomic E-state index is -1.22. The van der Waals surface area contributed by atoms with Crippen molar-refractivity contribution in [2.24, 2.45) is 12.8 Å². The number of aryl methyl sites for hydroxylation is 1. The molecule has 1 fully saturated rings. The smallest absolute Gasteiger partial charge is 0.169 e. The molecule has 11 heteroatoms. The van der Waals surface area contributed by atoms with Crippen LogP contribution in [0.1, 0.15) is 36.6 Å². The summed E-state index contributed by atoms with van der Waals surface area (Å²) in [5, 5.41) is 20.3. The quantitative estimate of drug-likeness (QED) is 0.489. The highest BCUT2D eigenvalue weighted by Crippen LogP contribution is 2.34. The van der Waals surface area contributed by atoms with Gasteiger partial charge in [-0.15, -0.1) is 11.3 Å². The Morgan fingerprint density at radius 3 is 3.00 bits per heavy atom. The lowest BCUT2D eigenvalue weighted by molar-refractivity contribution is 0.0246. The van der Waals surface area contributed by atoms with Crippen LogP contribution in [0.25, 0.3) is 10.6 Å². The molecule has 1 unspecified atom stereocenters. The summed E-state index contributed by atoms with van der Waals surface area (Å²) in [6, 6.07) is 3.78. The number of nitrogens with two attached hydrogens (primary N) is 1. The summed E-state index contributed by atoms with van der Waals surface area (Å²) in [4.78, 5) is 4.35. The maximum absolute atomic E-state index is 14.2. The van der Waals surface area contributed by atoms with E-state index in [0.29, 0.717) is 45.5 Å². The van der Waals surface area contributed by atoms with Crippen molar-refractivity contribution >= 4 is 28.6 Å². The molecule has 0 spiro atoms. The molecule has 31 heavy (non-hydrogen) atoms. The van der Waals surface area contributed by atoms with Crippen LogP contribution in [-0.2, 0) is 11.8 Å². The fourth-order valence-electron chi connectivity index (χ4n) is 3.51. The van der Waals surface area contributed by atoms with Crippen LogP contribution < -0.4 is 11.1 Å². The third-order valence-corrected chi connectivity index (χ3v) is 6.36. The molecule has 4 atom stereocenters. The standard InChI is InChI=1S/C20H22ClF2N5O2S/c1-28-18(17-5-4-14(24)13(23)8-30-17)15(7-25-28)26-19(29)16-9-31-20(27-16)11-3-2-10(21)6-12(11)22/h2-3,6-7,9,13-14,17,19,26,29H,4-5,8,24H2,1H3/t13-,14-,17+,19?/m1/s1. The summed E-state index contributed by atoms with van der Waals surface area (Å²) >= 11 is 7.01. The molecule has 7 nitrogen and oxygen atoms in total. The van der Waals surface area contributed by atoms with Crippen molar-refractivity contribution in [2.75, 3.05) is 11.9 Å². The Hall–Kier alpha value is -2.11. The summed E-state index contributed by atoms with van der Waals surface area (Å²) in [6.07, 6.45) is -0.231. The molecule has 3 heterocycles. The van der Waals surface area contributed by atoms with Gasteiger partial charge in [0.05, 0.1) is 24.2 Å². The van der Waals surface area contributed by atoms with Crippen molar-refractivity contribution in [1.82, 2.24) is 14.8 Å². The van der Waals surface area contributed by atoms with Crippen molar-refractivity contribution in [2.45, 2.75) is 37.4 Å². The first-order valence-electron chi connectivity index (χ1n) is 9.72. The van der Waals surface area contributed by atoms with Crippen LogP contribution in [0.15, 0.2) is 29.8 Å². The topological polar surface area (TPSA) is 98.2 Å². The summed E-state index contributed by atoms with van der Waals surface area (Å²) in [5.74, 6) is -0.486. The normalized spacial score (nSPS) is 22.8. The molecule has 1 saturated heterocycles. The third kappa shape index (κ3) is 4.73. The van der Waals surface area contributed by atoms with Gasteiger partial charge in [-0.3, -0.25) is 4.68 Å². The Morgan fingerprint density at radius 2 is 2.23 bits per heavy atom. The molecule has 0 aliphatic carbocycles. The van der Waals surface area contributed by atoms with E-state index in [1.807, 2.05) is 0 Å². The van der Waals surface area contributed by atoms with Gasteiger partial charge < -0.3 is 20.9 Å². The number of thiazole rings is 1. The Balaban J connectivity index is 1.52. The zero-order chi connectivity index (χ0) is 22.1. The molecule has 0 saturated carbocycles. The molecule has 0 amide bonds. The zero-order valence-electron chi connectivity index (χ0n) is 16.6. The first-order chi connectivity index (χ1) is 14.8. The summed E-state index contributed by atoms with van der Waals surface area (Å²) in [7, 11) is 1.75. The van der Waals surface area contributed by atoms with Crippen LogP contribution in [0, 0.1) is 5.82 Å². The van der Waals surface area contributed by atoms with Gasteiger partial charge in [-0.05, 0) is 31.0 Å². The molecule has 4 N–H and O–H groups in total. The van der Waals surface area contributed by atoms with Gasteiger partial charge in [0, 0.05) is 29.1 Å². The number of alkyl halides is 1. The molecule has 4 rings (SSSR count). The first-order valence-corrected chi connectivity index (χ1v) is 11.0. The summed E-state index contributed by atoms with van der Waals surface area (Å²) in [5.41, 5.74) is 7.68. The lowest BCUT2D eigenvalue weighted by atomic mass is 10.0. The van der Waals surface area contributed by atoms with E-state index in [1.54, 1.807) is 35.4 Å². The maximum Gasteiger partial charge on any atom is 0.169 e. The molecular formula is C20H22ClF2N5O2S. The van der Waals surface area contributed by atoms with Gasteiger partial charge in [0.25, 0.3) is 0 Å². The van der Waals surface area contributed by atoms with Crippen molar-refractivity contribution in [3.63, 3.8) is 0 Å². The Labute approximate surface area is 186 Å². The van der Waals surface area contributed by atoms with Gasteiger partial charge in [-0.25, -0.2) is 13.8 Å². The van der Waals surface area contributed by atoms with Crippen molar-refractivity contribution in [3.05, 3.63) is 52.0 Å². The number of halogens is 3. The van der Waals surface area contributed by atoms with Gasteiger partial charge in [0.1, 0.15) is 28.8 Å². The second-order valence-electron chi connectivity index (χ2n) is 7.39. The minimum absolute atomic E-state index is 0.0961. The molecular weight excluding hydrogens is 448 g/mol. The van der Waals surface area contributed by atoms with Gasteiger partial charge in [0.2, 0.25) is 0 Å². The predicted molar refractivity (Wildman–Crippen MR) is 115 cm³/mol. The van der Waals surface area contributed by atoms with E-state index >= 15 is 0 Å². The highest BCUT2D eigenvalue weighted by Gasteiger charge is 2.30. The molecule has 1 aliphatic heterocycles. The molecule has 0 bridgehead atoms. The first kappa shape index (κ1) is 22.1. The number of hydrogen-bond donors (Lipinski definition) is 3. The lowest BCUT2D eigenvalue weighted by Crippen LogP contribution is -2.32. The lowest BCUT2D eigenvalue weighted by Gasteiger charge is -2.19. The van der Waals surface area contributed by atoms with Crippen LogP contribution in [0.3, 0.4) is 0 Å². The average Bonchev–Trinajstić information content (AvgIpc) is 3.31. The largest absolute Gasteiger partial charge is 0.369 e. The zero-order valence-corrected chi connectivity index (χ0v) is 18.2. The molecule has 3 aromatic rings. The summed E-state index contributed by atoms with van der Waals surface area (Å²) in [6.45, 7) is -0.0961. The SMILES string of the molecule is Cn1ncc(NC(O)c2csc(-c3ccc(Cl)cc3F)n2)c1[C@@H]1CC[C@@H](N)[C@H](F)CO1. The molecule has 1 aromatic carbocycles. The van der Waals surface area contributed by atoms with Crippen LogP contribution in [-0.4, -0.2) is 38.7 Å². The van der Waals surface area contributed by atoms with Crippen molar-refractivity contribution in [1.29, 1.82) is 0 Å². The predicted octanol–water partition coefficient (Wildman–Crippen LogP) is 3.96. The van der Waals surface area contributed by atoms with E-state index in [2.05, 4.69) is 15.4 Å². The summed E-state index contributed by atoms with van der Waals surface area (Å²) < 4.78 is 35.4. The second kappa shape index (κ2) is 9.17. The van der Waals surface area contributed by atoms with Crippen molar-refractivity contribution < 1.29 is 18.6 Å². The van der Waals surface area contributed by atoms with E-state index in [4.69, 9.17) is 22.1 Å². The minimum Gasteiger partial charge on any atom is -0.369 e.